The summed E-state index contributed by atoms with van der Waals surface area (Å²) in [4.78, 5) is 83.1. The lowest BCUT2D eigenvalue weighted by Crippen LogP contribution is -2.56. The monoisotopic (exact) mass is 737 g/mol. The molecule has 54 heavy (non-hydrogen) atoms. The van der Waals surface area contributed by atoms with E-state index in [2.05, 4.69) is 40.8 Å². The van der Waals surface area contributed by atoms with Crippen molar-refractivity contribution in [3.8, 4) is 35.5 Å². The summed E-state index contributed by atoms with van der Waals surface area (Å²) >= 11 is 0. The maximum atomic E-state index is 12.9. The van der Waals surface area contributed by atoms with Crippen molar-refractivity contribution in [2.75, 3.05) is 0 Å². The fourth-order valence-electron chi connectivity index (χ4n) is 5.13. The molecule has 14 nitrogen and oxygen atoms in total. The van der Waals surface area contributed by atoms with E-state index in [0.29, 0.717) is 5.56 Å². The second-order valence-corrected chi connectivity index (χ2v) is 12.1. The van der Waals surface area contributed by atoms with Gasteiger partial charge in [0, 0.05) is 40.7 Å². The van der Waals surface area contributed by atoms with Crippen LogP contribution >= 0.6 is 0 Å². The summed E-state index contributed by atoms with van der Waals surface area (Å²) in [5.74, 6) is 9.39. The zero-order valence-electron chi connectivity index (χ0n) is 29.1. The number of allylic oxidation sites excluding steroid dienone is 2. The van der Waals surface area contributed by atoms with E-state index in [9.17, 15) is 48.9 Å². The van der Waals surface area contributed by atoms with Crippen LogP contribution in [-0.2, 0) is 33.6 Å². The second kappa shape index (κ2) is 21.5. The minimum absolute atomic E-state index is 0.150. The van der Waals surface area contributed by atoms with E-state index in [0.717, 1.165) is 48.0 Å². The normalized spacial score (nSPS) is 13.4. The van der Waals surface area contributed by atoms with Crippen molar-refractivity contribution < 1.29 is 54.0 Å². The average Bonchev–Trinajstić information content (AvgIpc) is 3.12. The van der Waals surface area contributed by atoms with Crippen LogP contribution in [0.1, 0.15) is 80.9 Å². The van der Waals surface area contributed by atoms with Gasteiger partial charge in [-0.25, -0.2) is 4.79 Å². The second-order valence-electron chi connectivity index (χ2n) is 12.1. The van der Waals surface area contributed by atoms with Crippen molar-refractivity contribution in [1.29, 1.82) is 0 Å². The zero-order chi connectivity index (χ0) is 39.5. The van der Waals surface area contributed by atoms with E-state index in [-0.39, 0.29) is 19.3 Å². The molecule has 0 unspecified atom stereocenters. The Hall–Kier alpha value is -6.85. The van der Waals surface area contributed by atoms with Gasteiger partial charge in [0.05, 0.1) is 19.3 Å². The van der Waals surface area contributed by atoms with E-state index in [1.54, 1.807) is 0 Å². The third kappa shape index (κ3) is 15.2. The van der Waals surface area contributed by atoms with Crippen LogP contribution in [0.4, 0.5) is 0 Å². The van der Waals surface area contributed by atoms with Gasteiger partial charge in [0.15, 0.2) is 0 Å². The summed E-state index contributed by atoms with van der Waals surface area (Å²) in [7, 11) is 0. The maximum absolute atomic E-state index is 12.9. The highest BCUT2D eigenvalue weighted by Crippen LogP contribution is 2.24. The molecule has 3 rings (SSSR count). The van der Waals surface area contributed by atoms with Gasteiger partial charge in [-0.2, -0.15) is 0 Å². The van der Waals surface area contributed by atoms with Crippen LogP contribution in [0.3, 0.4) is 0 Å². The molecule has 0 aliphatic heterocycles. The molecule has 0 aromatic heterocycles. The first-order chi connectivity index (χ1) is 25.8. The largest absolute Gasteiger partial charge is 0.481 e. The number of amides is 3. The molecule has 280 valence electrons. The van der Waals surface area contributed by atoms with E-state index in [1.807, 2.05) is 65.2 Å². The minimum Gasteiger partial charge on any atom is -0.481 e. The number of aliphatic carboxylic acids is 4. The molecule has 3 atom stereocenters. The highest BCUT2D eigenvalue weighted by atomic mass is 16.4. The zero-order valence-corrected chi connectivity index (χ0v) is 29.1. The van der Waals surface area contributed by atoms with Crippen LogP contribution < -0.4 is 16.0 Å². The molecule has 1 aliphatic rings. The van der Waals surface area contributed by atoms with Crippen molar-refractivity contribution in [3.05, 3.63) is 82.4 Å². The van der Waals surface area contributed by atoms with Gasteiger partial charge in [-0.3, -0.25) is 28.8 Å². The lowest BCUT2D eigenvalue weighted by molar-refractivity contribution is -0.148. The Labute approximate surface area is 311 Å². The van der Waals surface area contributed by atoms with E-state index < -0.39 is 79.0 Å². The number of rotatable bonds is 15. The van der Waals surface area contributed by atoms with Gasteiger partial charge >= 0.3 is 23.9 Å². The van der Waals surface area contributed by atoms with Gasteiger partial charge in [0.25, 0.3) is 0 Å². The highest BCUT2D eigenvalue weighted by molar-refractivity contribution is 5.96. The van der Waals surface area contributed by atoms with Crippen LogP contribution in [0, 0.1) is 35.5 Å². The SMILES string of the molecule is O=C(O)C[C@H](NC(=O)[C@H](CC(=O)O)NC(=O)[C@H](CC(=O)O)NC(=O)CCCC#Cc1cccc(C#CC2=C(C#Cc3ccccc3)CCCC2)c1)C(=O)O. The van der Waals surface area contributed by atoms with Crippen molar-refractivity contribution in [2.24, 2.45) is 0 Å². The number of carbonyl (C=O) groups is 7. The Balaban J connectivity index is 1.58. The number of nitrogens with one attached hydrogen (secondary N) is 3. The first kappa shape index (κ1) is 41.6. The Morgan fingerprint density at radius 2 is 1.06 bits per heavy atom. The molecule has 0 heterocycles. The van der Waals surface area contributed by atoms with Crippen molar-refractivity contribution in [2.45, 2.75) is 82.3 Å². The number of unbranched alkanes of at least 4 members (excludes halogenated alkanes) is 1. The quantitative estimate of drug-likeness (QED) is 0.104. The summed E-state index contributed by atoms with van der Waals surface area (Å²) in [6.45, 7) is 0. The Morgan fingerprint density at radius 1 is 0.574 bits per heavy atom. The lowest BCUT2D eigenvalue weighted by Gasteiger charge is -2.22. The summed E-state index contributed by atoms with van der Waals surface area (Å²) < 4.78 is 0. The van der Waals surface area contributed by atoms with Gasteiger partial charge in [-0.15, -0.1) is 0 Å². The Bertz CT molecular complexity index is 1970. The molecule has 14 heteroatoms. The predicted octanol–water partition coefficient (Wildman–Crippen LogP) is 2.45. The van der Waals surface area contributed by atoms with Crippen LogP contribution in [-0.4, -0.2) is 80.2 Å². The fraction of sp³-hybridized carbons (Fsp3) is 0.325. The van der Waals surface area contributed by atoms with Gasteiger partial charge in [0.2, 0.25) is 17.7 Å². The third-order valence-electron chi connectivity index (χ3n) is 7.79. The number of carboxylic acids is 4. The first-order valence-corrected chi connectivity index (χ1v) is 17.0. The van der Waals surface area contributed by atoms with Gasteiger partial charge in [0.1, 0.15) is 18.1 Å². The van der Waals surface area contributed by atoms with Gasteiger partial charge in [-0.05, 0) is 62.4 Å². The molecule has 7 N–H and O–H groups in total. The molecule has 0 fully saturated rings. The van der Waals surface area contributed by atoms with Crippen LogP contribution in [0.25, 0.3) is 0 Å². The molecule has 2 aromatic carbocycles. The Kier molecular flexibility index (Phi) is 16.6. The third-order valence-corrected chi connectivity index (χ3v) is 7.79. The number of hydrogen-bond acceptors (Lipinski definition) is 7. The van der Waals surface area contributed by atoms with Gasteiger partial charge in [-0.1, -0.05) is 59.8 Å². The standard InChI is InChI=1S/C40H39N3O11/c44-34(41-31(23-35(45)46)38(51)42-32(24-36(47)48)39(52)43-33(40(53)54)25-37(49)50)17-6-2-5-12-27-13-9-14-28(22-27)19-21-30-16-8-7-15-29(30)20-18-26-10-3-1-4-11-26/h1,3-4,9-11,13-14,22,31-33H,2,6-8,15-17,23-25H2,(H,41,44)(H,42,51)(H,43,52)(H,45,46)(H,47,48)(H,49,50)(H,53,54)/t31-,32-,33-/m0/s1. The summed E-state index contributed by atoms with van der Waals surface area (Å²) in [6.07, 6.45) is 1.24. The lowest BCUT2D eigenvalue weighted by atomic mass is 9.92. The first-order valence-electron chi connectivity index (χ1n) is 17.0. The molecular formula is C40H39N3O11. The number of hydrogen-bond donors (Lipinski definition) is 7. The molecule has 0 saturated carbocycles. The average molecular weight is 738 g/mol. The fourth-order valence-corrected chi connectivity index (χ4v) is 5.13. The topological polar surface area (TPSA) is 236 Å². The van der Waals surface area contributed by atoms with Crippen LogP contribution in [0.15, 0.2) is 65.7 Å². The van der Waals surface area contributed by atoms with Crippen LogP contribution in [0.5, 0.6) is 0 Å². The van der Waals surface area contributed by atoms with E-state index in [4.69, 9.17) is 5.11 Å². The molecule has 2 aromatic rings. The highest BCUT2D eigenvalue weighted by Gasteiger charge is 2.32. The molecule has 0 spiro atoms. The van der Waals surface area contributed by atoms with E-state index >= 15 is 0 Å². The van der Waals surface area contributed by atoms with Crippen molar-refractivity contribution >= 4 is 41.6 Å². The summed E-state index contributed by atoms with van der Waals surface area (Å²) in [5, 5.41) is 42.6. The molecule has 0 radical (unpaired) electrons. The van der Waals surface area contributed by atoms with Crippen LogP contribution in [0.2, 0.25) is 0 Å². The van der Waals surface area contributed by atoms with Crippen molar-refractivity contribution in [3.63, 3.8) is 0 Å². The maximum Gasteiger partial charge on any atom is 0.326 e. The predicted molar refractivity (Wildman–Crippen MR) is 193 cm³/mol. The molecular weight excluding hydrogens is 698 g/mol. The number of carboxylic acid groups (broad SMARTS) is 4. The number of carbonyl (C=O) groups excluding carboxylic acids is 3. The molecule has 3 amide bonds. The molecule has 1 aliphatic carbocycles. The van der Waals surface area contributed by atoms with E-state index in [1.165, 1.54) is 0 Å². The smallest absolute Gasteiger partial charge is 0.326 e. The molecule has 0 bridgehead atoms. The van der Waals surface area contributed by atoms with Gasteiger partial charge < -0.3 is 36.4 Å². The minimum atomic E-state index is -1.94. The summed E-state index contributed by atoms with van der Waals surface area (Å²) in [6, 6.07) is 11.6. The Morgan fingerprint density at radius 3 is 1.61 bits per heavy atom. The summed E-state index contributed by atoms with van der Waals surface area (Å²) in [5.41, 5.74) is 4.53. The van der Waals surface area contributed by atoms with Crippen molar-refractivity contribution in [1.82, 2.24) is 16.0 Å². The number of benzene rings is 2. The molecule has 0 saturated heterocycles.